The molecule has 1 unspecified atom stereocenters. The largest absolute Gasteiger partial charge is 0.447 e. The zero-order valence-electron chi connectivity index (χ0n) is 11.4. The molecule has 0 aliphatic heterocycles. The number of aliphatic hydroxyl groups excluding tert-OH is 1. The van der Waals surface area contributed by atoms with Crippen molar-refractivity contribution in [2.75, 3.05) is 26.9 Å². The van der Waals surface area contributed by atoms with E-state index < -0.39 is 35.9 Å². The second-order valence-corrected chi connectivity index (χ2v) is 10.8. The molecule has 0 aliphatic rings. The van der Waals surface area contributed by atoms with Crippen molar-refractivity contribution in [2.24, 2.45) is 0 Å². The molecule has 18 heavy (non-hydrogen) atoms. The number of methoxy groups -OCH3 is 1. The van der Waals surface area contributed by atoms with Crippen LogP contribution in [0.4, 0.5) is 0 Å². The summed E-state index contributed by atoms with van der Waals surface area (Å²) in [5, 5.41) is 9.31. The predicted molar refractivity (Wildman–Crippen MR) is 81.4 cm³/mol. The first-order chi connectivity index (χ1) is 8.81. The summed E-state index contributed by atoms with van der Waals surface area (Å²) in [6, 6.07) is 1.10. The summed E-state index contributed by atoms with van der Waals surface area (Å²) in [6.07, 6.45) is 0.479. The van der Waals surface area contributed by atoms with Crippen LogP contribution in [0, 0.1) is 0 Å². The van der Waals surface area contributed by atoms with Crippen molar-refractivity contribution in [3.63, 3.8) is 0 Å². The number of hydrogen-bond donors (Lipinski definition) is 1. The lowest BCUT2D eigenvalue weighted by atomic mass is 10.4. The summed E-state index contributed by atoms with van der Waals surface area (Å²) in [5.74, 6) is 0. The van der Waals surface area contributed by atoms with Crippen molar-refractivity contribution >= 4 is 39.5 Å². The highest BCUT2D eigenvalue weighted by molar-refractivity contribution is 6.46. The summed E-state index contributed by atoms with van der Waals surface area (Å²) in [4.78, 5) is 0. The molecule has 0 saturated carbocycles. The molecule has 0 aliphatic carbocycles. The molecule has 0 aromatic rings. The Balaban J connectivity index is 2.98. The smallest absolute Gasteiger partial charge is 0.284 e. The molecule has 0 saturated heterocycles. The van der Waals surface area contributed by atoms with Crippen molar-refractivity contribution in [1.82, 2.24) is 0 Å². The van der Waals surface area contributed by atoms with Crippen molar-refractivity contribution in [1.29, 1.82) is 0 Å². The average molecular weight is 331 g/mol. The number of hydrogen-bond acceptors (Lipinski definition) is 6. The zero-order chi connectivity index (χ0) is 13.5. The van der Waals surface area contributed by atoms with Crippen LogP contribution in [0.3, 0.4) is 0 Å². The van der Waals surface area contributed by atoms with Crippen molar-refractivity contribution in [2.45, 2.75) is 25.1 Å². The monoisotopic (exact) mass is 330 g/mol. The van der Waals surface area contributed by atoms with Gasteiger partial charge in [-0.15, -0.1) is 0 Å². The molecule has 0 bridgehead atoms. The topological polar surface area (TPSA) is 66.4 Å². The molecule has 1 N–H and O–H groups in total. The van der Waals surface area contributed by atoms with Crippen molar-refractivity contribution < 1.29 is 26.9 Å². The van der Waals surface area contributed by atoms with E-state index in [1.54, 1.807) is 7.11 Å². The average Bonchev–Trinajstić information content (AvgIpc) is 2.36. The minimum absolute atomic E-state index is 0.282. The van der Waals surface area contributed by atoms with Crippen molar-refractivity contribution in [3.05, 3.63) is 0 Å². The Bertz CT molecular complexity index is 167. The van der Waals surface area contributed by atoms with Crippen LogP contribution in [0.1, 0.15) is 6.42 Å². The summed E-state index contributed by atoms with van der Waals surface area (Å²) >= 11 is 0. The lowest BCUT2D eigenvalue weighted by Crippen LogP contribution is -2.21. The highest BCUT2D eigenvalue weighted by atomic mass is 28.4. The van der Waals surface area contributed by atoms with Gasteiger partial charge in [0, 0.05) is 13.7 Å². The maximum Gasteiger partial charge on any atom is 0.284 e. The van der Waals surface area contributed by atoms with Crippen molar-refractivity contribution in [3.8, 4) is 0 Å². The van der Waals surface area contributed by atoms with E-state index in [1.165, 1.54) is 0 Å². The van der Waals surface area contributed by atoms with Gasteiger partial charge in [-0.2, -0.15) is 0 Å². The minimum Gasteiger partial charge on any atom is -0.447 e. The van der Waals surface area contributed by atoms with Crippen LogP contribution in [-0.4, -0.2) is 77.7 Å². The van der Waals surface area contributed by atoms with E-state index in [0.717, 1.165) is 12.5 Å². The Hall–Kier alpha value is 0.628. The predicted octanol–water partition coefficient (Wildman–Crippen LogP) is -2.92. The van der Waals surface area contributed by atoms with Gasteiger partial charge in [0.05, 0.1) is 13.2 Å². The third-order valence-corrected chi connectivity index (χ3v) is 8.28. The van der Waals surface area contributed by atoms with Crippen LogP contribution >= 0.6 is 0 Å². The van der Waals surface area contributed by atoms with Crippen LogP contribution in [-0.2, 0) is 21.8 Å². The van der Waals surface area contributed by atoms with Gasteiger partial charge in [-0.1, -0.05) is 6.55 Å². The van der Waals surface area contributed by atoms with Gasteiger partial charge >= 0.3 is 0 Å². The Morgan fingerprint density at radius 1 is 1.11 bits per heavy atom. The molecule has 0 aromatic carbocycles. The van der Waals surface area contributed by atoms with E-state index in [0.29, 0.717) is 19.8 Å². The molecule has 10 heteroatoms. The van der Waals surface area contributed by atoms with Crippen LogP contribution in [0.25, 0.3) is 0 Å². The SMILES string of the molecule is COCC(O)COCCC[SiH2]O[SiH2]O[SiH2]O[SiH2]C. The van der Waals surface area contributed by atoms with Gasteiger partial charge in [-0.3, -0.25) is 0 Å². The fourth-order valence-corrected chi connectivity index (χ4v) is 6.86. The van der Waals surface area contributed by atoms with E-state index in [4.69, 9.17) is 21.8 Å². The van der Waals surface area contributed by atoms with E-state index in [-0.39, 0.29) is 9.76 Å². The number of ether oxygens (including phenoxy) is 2. The summed E-state index contributed by atoms with van der Waals surface area (Å²) < 4.78 is 26.4. The maximum absolute atomic E-state index is 9.31. The fraction of sp³-hybridized carbons (Fsp3) is 1.00. The number of aliphatic hydroxyl groups is 1. The second-order valence-electron chi connectivity index (χ2n) is 3.73. The summed E-state index contributed by atoms with van der Waals surface area (Å²) in [6.45, 7) is 3.46. The highest BCUT2D eigenvalue weighted by Gasteiger charge is 2.02. The quantitative estimate of drug-likeness (QED) is 0.272. The standard InChI is InChI=1S/C8H26O6Si4/c1-10-6-8(9)7-11-4-3-5-16-13-18-14-17-12-15-2/h8-9H,3-7,15-18H2,1-2H3. The molecule has 0 heterocycles. The molecule has 0 amide bonds. The summed E-state index contributed by atoms with van der Waals surface area (Å²) in [5.41, 5.74) is 0. The molecule has 6 nitrogen and oxygen atoms in total. The molecule has 0 rings (SSSR count). The lowest BCUT2D eigenvalue weighted by Gasteiger charge is -2.10. The Kier molecular flexibility index (Phi) is 16.2. The molecule has 0 radical (unpaired) electrons. The third-order valence-electron chi connectivity index (χ3n) is 2.03. The van der Waals surface area contributed by atoms with Gasteiger partial charge in [0.2, 0.25) is 0 Å². The summed E-state index contributed by atoms with van der Waals surface area (Å²) in [7, 11) is -0.589. The van der Waals surface area contributed by atoms with Gasteiger partial charge in [0.25, 0.3) is 20.0 Å². The minimum atomic E-state index is -0.745. The Labute approximate surface area is 119 Å². The third kappa shape index (κ3) is 14.7. The van der Waals surface area contributed by atoms with Gasteiger partial charge in [0.1, 0.15) is 25.6 Å². The van der Waals surface area contributed by atoms with E-state index >= 15 is 0 Å². The molecular weight excluding hydrogens is 304 g/mol. The van der Waals surface area contributed by atoms with E-state index in [2.05, 4.69) is 6.55 Å². The Morgan fingerprint density at radius 3 is 2.61 bits per heavy atom. The second kappa shape index (κ2) is 15.7. The highest BCUT2D eigenvalue weighted by Crippen LogP contribution is 1.93. The molecule has 110 valence electrons. The van der Waals surface area contributed by atoms with Gasteiger partial charge in [-0.05, 0) is 12.5 Å². The molecule has 0 aromatic heterocycles. The van der Waals surface area contributed by atoms with Crippen LogP contribution in [0.15, 0.2) is 0 Å². The first-order valence-electron chi connectivity index (χ1n) is 6.29. The first kappa shape index (κ1) is 18.6. The van der Waals surface area contributed by atoms with Crippen LogP contribution < -0.4 is 0 Å². The lowest BCUT2D eigenvalue weighted by molar-refractivity contribution is -0.00584. The molecular formula is C8H26O6Si4. The first-order valence-corrected chi connectivity index (χ1v) is 12.2. The molecule has 0 fully saturated rings. The molecule has 1 atom stereocenters. The van der Waals surface area contributed by atoms with E-state index in [1.807, 2.05) is 0 Å². The fourth-order valence-electron chi connectivity index (χ4n) is 1.16. The normalized spacial score (nSPS) is 15.5. The number of rotatable bonds is 14. The van der Waals surface area contributed by atoms with Crippen LogP contribution in [0.2, 0.25) is 12.6 Å². The maximum atomic E-state index is 9.31. The zero-order valence-corrected chi connectivity index (χ0v) is 17.1. The van der Waals surface area contributed by atoms with Gasteiger partial charge in [0.15, 0.2) is 0 Å². The van der Waals surface area contributed by atoms with E-state index in [9.17, 15) is 5.11 Å². The van der Waals surface area contributed by atoms with Gasteiger partial charge < -0.3 is 26.9 Å². The van der Waals surface area contributed by atoms with Crippen LogP contribution in [0.5, 0.6) is 0 Å². The molecule has 0 spiro atoms. The Morgan fingerprint density at radius 2 is 1.89 bits per heavy atom. The van der Waals surface area contributed by atoms with Gasteiger partial charge in [-0.25, -0.2) is 0 Å².